The summed E-state index contributed by atoms with van der Waals surface area (Å²) in [6.07, 6.45) is 1.25. The summed E-state index contributed by atoms with van der Waals surface area (Å²) in [5, 5.41) is 4.28. The Balaban J connectivity index is 2.20. The lowest BCUT2D eigenvalue weighted by molar-refractivity contribution is 0.423. The van der Waals surface area contributed by atoms with Gasteiger partial charge in [-0.3, -0.25) is 11.3 Å². The Morgan fingerprint density at radius 3 is 2.64 bits per heavy atom. The van der Waals surface area contributed by atoms with Crippen molar-refractivity contribution >= 4 is 27.3 Å². The smallest absolute Gasteiger partial charge is 0.0512 e. The van der Waals surface area contributed by atoms with Crippen molar-refractivity contribution in [2.45, 2.75) is 26.3 Å². The van der Waals surface area contributed by atoms with Crippen LogP contribution in [0.25, 0.3) is 0 Å². The summed E-state index contributed by atoms with van der Waals surface area (Å²) in [6.45, 7) is 4.59. The van der Waals surface area contributed by atoms with Crippen molar-refractivity contribution in [2.75, 3.05) is 0 Å². The monoisotopic (exact) mass is 274 g/mol. The van der Waals surface area contributed by atoms with Gasteiger partial charge in [0.05, 0.1) is 6.04 Å². The third-order valence-electron chi connectivity index (χ3n) is 3.15. The standard InChI is InChI=1S/C10H15BrN2S/c1-10(2)3-7(10)9(13-12)6-4-14-5-8(6)11/h4-5,7,9,13H,3,12H2,1-2H3. The van der Waals surface area contributed by atoms with E-state index in [2.05, 4.69) is 46.0 Å². The lowest BCUT2D eigenvalue weighted by Gasteiger charge is -2.17. The number of rotatable bonds is 3. The Morgan fingerprint density at radius 1 is 1.64 bits per heavy atom. The SMILES string of the molecule is CC1(C)CC1C(NN)c1cscc1Br. The maximum Gasteiger partial charge on any atom is 0.0512 e. The summed E-state index contributed by atoms with van der Waals surface area (Å²) >= 11 is 5.27. The quantitative estimate of drug-likeness (QED) is 0.657. The van der Waals surface area contributed by atoms with E-state index in [9.17, 15) is 0 Å². The fourth-order valence-electron chi connectivity index (χ4n) is 2.01. The van der Waals surface area contributed by atoms with Crippen molar-refractivity contribution in [3.8, 4) is 0 Å². The first-order valence-electron chi connectivity index (χ1n) is 4.74. The zero-order valence-electron chi connectivity index (χ0n) is 8.38. The topological polar surface area (TPSA) is 38.0 Å². The average molecular weight is 275 g/mol. The predicted molar refractivity (Wildman–Crippen MR) is 64.0 cm³/mol. The molecule has 1 saturated carbocycles. The second kappa shape index (κ2) is 3.59. The molecule has 0 saturated heterocycles. The molecule has 1 heterocycles. The zero-order valence-corrected chi connectivity index (χ0v) is 10.8. The van der Waals surface area contributed by atoms with E-state index in [1.165, 1.54) is 16.5 Å². The molecule has 2 atom stereocenters. The molecule has 2 nitrogen and oxygen atoms in total. The minimum absolute atomic E-state index is 0.297. The Labute approximate surface area is 97.0 Å². The molecule has 1 aliphatic rings. The molecule has 0 aromatic carbocycles. The molecule has 4 heteroatoms. The molecule has 0 bridgehead atoms. The van der Waals surface area contributed by atoms with Crippen molar-refractivity contribution in [3.05, 3.63) is 20.8 Å². The number of nitrogens with two attached hydrogens (primary N) is 1. The summed E-state index contributed by atoms with van der Waals surface area (Å²) in [5.41, 5.74) is 4.68. The first-order chi connectivity index (χ1) is 6.56. The van der Waals surface area contributed by atoms with E-state index in [-0.39, 0.29) is 0 Å². The third kappa shape index (κ3) is 1.76. The van der Waals surface area contributed by atoms with E-state index in [1.54, 1.807) is 11.3 Å². The van der Waals surface area contributed by atoms with Gasteiger partial charge in [-0.15, -0.1) is 0 Å². The van der Waals surface area contributed by atoms with Crippen LogP contribution >= 0.6 is 27.3 Å². The van der Waals surface area contributed by atoms with Gasteiger partial charge in [0.15, 0.2) is 0 Å². The van der Waals surface area contributed by atoms with Gasteiger partial charge in [-0.1, -0.05) is 13.8 Å². The maximum absolute atomic E-state index is 5.63. The highest BCUT2D eigenvalue weighted by Gasteiger charge is 2.50. The highest BCUT2D eigenvalue weighted by molar-refractivity contribution is 9.10. The van der Waals surface area contributed by atoms with Crippen LogP contribution in [0.5, 0.6) is 0 Å². The fraction of sp³-hybridized carbons (Fsp3) is 0.600. The summed E-state index contributed by atoms with van der Waals surface area (Å²) in [4.78, 5) is 0. The number of nitrogens with one attached hydrogen (secondary N) is 1. The molecule has 1 aromatic heterocycles. The molecule has 1 aromatic rings. The van der Waals surface area contributed by atoms with E-state index >= 15 is 0 Å². The number of hydrazine groups is 1. The Kier molecular flexibility index (Phi) is 2.72. The van der Waals surface area contributed by atoms with Crippen molar-refractivity contribution in [1.82, 2.24) is 5.43 Å². The molecule has 0 amide bonds. The van der Waals surface area contributed by atoms with Gasteiger partial charge < -0.3 is 0 Å². The molecule has 14 heavy (non-hydrogen) atoms. The highest BCUT2D eigenvalue weighted by atomic mass is 79.9. The van der Waals surface area contributed by atoms with Gasteiger partial charge in [-0.2, -0.15) is 11.3 Å². The molecule has 3 N–H and O–H groups in total. The van der Waals surface area contributed by atoms with Crippen molar-refractivity contribution in [1.29, 1.82) is 0 Å². The molecule has 1 aliphatic carbocycles. The van der Waals surface area contributed by atoms with Gasteiger partial charge in [0.25, 0.3) is 0 Å². The van der Waals surface area contributed by atoms with Gasteiger partial charge >= 0.3 is 0 Å². The van der Waals surface area contributed by atoms with Crippen molar-refractivity contribution in [3.63, 3.8) is 0 Å². The summed E-state index contributed by atoms with van der Waals surface area (Å²) in [6, 6.07) is 0.297. The van der Waals surface area contributed by atoms with Crippen LogP contribution in [0.3, 0.4) is 0 Å². The molecular formula is C10H15BrN2S. The summed E-state index contributed by atoms with van der Waals surface area (Å²) in [5.74, 6) is 6.29. The van der Waals surface area contributed by atoms with Crippen LogP contribution in [-0.2, 0) is 0 Å². The van der Waals surface area contributed by atoms with Gasteiger partial charge in [0.2, 0.25) is 0 Å². The number of hydrogen-bond acceptors (Lipinski definition) is 3. The van der Waals surface area contributed by atoms with Crippen molar-refractivity contribution in [2.24, 2.45) is 17.2 Å². The summed E-state index contributed by atoms with van der Waals surface area (Å²) < 4.78 is 1.17. The lowest BCUT2D eigenvalue weighted by atomic mass is 10.00. The Morgan fingerprint density at radius 2 is 2.29 bits per heavy atom. The Bertz CT molecular complexity index is 335. The van der Waals surface area contributed by atoms with Gasteiger partial charge in [-0.25, -0.2) is 0 Å². The van der Waals surface area contributed by atoms with Crippen LogP contribution in [0.1, 0.15) is 31.9 Å². The fourth-order valence-corrected chi connectivity index (χ4v) is 3.59. The maximum atomic E-state index is 5.63. The number of halogens is 1. The highest BCUT2D eigenvalue weighted by Crippen LogP contribution is 2.58. The molecule has 2 unspecified atom stereocenters. The molecule has 78 valence electrons. The first-order valence-corrected chi connectivity index (χ1v) is 6.47. The molecule has 2 rings (SSSR count). The zero-order chi connectivity index (χ0) is 10.3. The predicted octanol–water partition coefficient (Wildman–Crippen LogP) is 3.06. The minimum atomic E-state index is 0.297. The van der Waals surface area contributed by atoms with Gasteiger partial charge in [0.1, 0.15) is 0 Å². The normalized spacial score (nSPS) is 26.1. The Hall–Kier alpha value is 0.100. The van der Waals surface area contributed by atoms with Crippen LogP contribution in [-0.4, -0.2) is 0 Å². The molecular weight excluding hydrogens is 260 g/mol. The van der Waals surface area contributed by atoms with E-state index < -0.39 is 0 Å². The number of hydrogen-bond donors (Lipinski definition) is 2. The van der Waals surface area contributed by atoms with Crippen LogP contribution in [0.2, 0.25) is 0 Å². The minimum Gasteiger partial charge on any atom is -0.271 e. The molecule has 0 radical (unpaired) electrons. The number of thiophene rings is 1. The average Bonchev–Trinajstić information content (AvgIpc) is 2.55. The van der Waals surface area contributed by atoms with Gasteiger partial charge in [-0.05, 0) is 44.6 Å². The molecule has 1 fully saturated rings. The van der Waals surface area contributed by atoms with Crippen molar-refractivity contribution < 1.29 is 0 Å². The largest absolute Gasteiger partial charge is 0.271 e. The lowest BCUT2D eigenvalue weighted by Crippen LogP contribution is -2.30. The first kappa shape index (κ1) is 10.6. The van der Waals surface area contributed by atoms with Crippen LogP contribution < -0.4 is 11.3 Å². The van der Waals surface area contributed by atoms with Crippen LogP contribution in [0.15, 0.2) is 15.2 Å². The molecule has 0 spiro atoms. The van der Waals surface area contributed by atoms with Crippen LogP contribution in [0, 0.1) is 11.3 Å². The van der Waals surface area contributed by atoms with E-state index in [0.717, 1.165) is 0 Å². The van der Waals surface area contributed by atoms with E-state index in [4.69, 9.17) is 5.84 Å². The molecule has 0 aliphatic heterocycles. The third-order valence-corrected chi connectivity index (χ3v) is 4.90. The van der Waals surface area contributed by atoms with E-state index in [1.807, 2.05) is 0 Å². The second-order valence-electron chi connectivity index (χ2n) is 4.62. The second-order valence-corrected chi connectivity index (χ2v) is 6.22. The van der Waals surface area contributed by atoms with E-state index in [0.29, 0.717) is 17.4 Å². The summed E-state index contributed by atoms with van der Waals surface area (Å²) in [7, 11) is 0. The van der Waals surface area contributed by atoms with Gasteiger partial charge in [0, 0.05) is 9.85 Å². The van der Waals surface area contributed by atoms with Crippen LogP contribution in [0.4, 0.5) is 0 Å².